The molecule has 1 aliphatic carbocycles. The van der Waals surface area contributed by atoms with Gasteiger partial charge in [0.05, 0.1) is 17.2 Å². The molecule has 0 radical (unpaired) electrons. The maximum absolute atomic E-state index is 13.5. The van der Waals surface area contributed by atoms with E-state index < -0.39 is 18.1 Å². The largest absolute Gasteiger partial charge is 0.497 e. The van der Waals surface area contributed by atoms with Crippen LogP contribution in [0.4, 0.5) is 10.5 Å². The summed E-state index contributed by atoms with van der Waals surface area (Å²) >= 11 is 12.1. The van der Waals surface area contributed by atoms with Crippen LogP contribution in [0.1, 0.15) is 36.0 Å². The fourth-order valence-corrected chi connectivity index (χ4v) is 4.87. The minimum atomic E-state index is -1.12. The minimum Gasteiger partial charge on any atom is -0.497 e. The number of hydrogen-bond donors (Lipinski definition) is 3. The fraction of sp³-hybridized carbons (Fsp3) is 0.400. The number of nitrogens with zero attached hydrogens (tertiary/aromatic N) is 2. The van der Waals surface area contributed by atoms with Gasteiger partial charge in [0.15, 0.2) is 6.17 Å². The van der Waals surface area contributed by atoms with Crippen molar-refractivity contribution in [2.24, 2.45) is 5.73 Å². The number of carbonyl (C=O) groups is 3. The average Bonchev–Trinajstić information content (AvgIpc) is 3.33. The molecule has 192 valence electrons. The molecule has 1 saturated heterocycles. The molecule has 4 amide bonds. The van der Waals surface area contributed by atoms with Crippen molar-refractivity contribution in [2.75, 3.05) is 25.5 Å². The Kier molecular flexibility index (Phi) is 8.23. The van der Waals surface area contributed by atoms with E-state index in [9.17, 15) is 14.4 Å². The number of nitrogens with two attached hydrogens (primary N) is 1. The first-order chi connectivity index (χ1) is 17.3. The number of carbonyl (C=O) groups excluding carboxylic acids is 3. The number of nitrogens with one attached hydrogen (secondary N) is 2. The molecule has 36 heavy (non-hydrogen) atoms. The predicted molar refractivity (Wildman–Crippen MR) is 138 cm³/mol. The number of halogens is 2. The van der Waals surface area contributed by atoms with Crippen molar-refractivity contribution < 1.29 is 19.1 Å². The number of ether oxygens (including phenoxy) is 1. The predicted octanol–water partition coefficient (Wildman–Crippen LogP) is 3.70. The van der Waals surface area contributed by atoms with Crippen molar-refractivity contribution in [3.63, 3.8) is 0 Å². The molecule has 2 aromatic rings. The van der Waals surface area contributed by atoms with Crippen LogP contribution >= 0.6 is 23.2 Å². The fourth-order valence-electron chi connectivity index (χ4n) is 4.57. The summed E-state index contributed by atoms with van der Waals surface area (Å²) in [5.41, 5.74) is 6.79. The van der Waals surface area contributed by atoms with Gasteiger partial charge in [0, 0.05) is 36.4 Å². The summed E-state index contributed by atoms with van der Waals surface area (Å²) in [4.78, 5) is 43.0. The number of amides is 4. The van der Waals surface area contributed by atoms with Gasteiger partial charge in [0.2, 0.25) is 0 Å². The summed E-state index contributed by atoms with van der Waals surface area (Å²) in [6.07, 6.45) is 1.99. The minimum absolute atomic E-state index is 0.0633. The molecule has 1 heterocycles. The number of methoxy groups -OCH3 is 1. The summed E-state index contributed by atoms with van der Waals surface area (Å²) in [5.74, 6) is -0.258. The number of anilines is 1. The Hall–Kier alpha value is -3.01. The molecule has 2 fully saturated rings. The van der Waals surface area contributed by atoms with Crippen LogP contribution in [0.5, 0.6) is 5.75 Å². The van der Waals surface area contributed by atoms with Gasteiger partial charge < -0.3 is 26.0 Å². The third-order valence-corrected chi connectivity index (χ3v) is 7.27. The van der Waals surface area contributed by atoms with Crippen LogP contribution in [-0.2, 0) is 4.79 Å². The molecular weight excluding hydrogens is 505 g/mol. The topological polar surface area (TPSA) is 117 Å². The van der Waals surface area contributed by atoms with Gasteiger partial charge in [-0.25, -0.2) is 4.79 Å². The molecule has 2 aliphatic rings. The Labute approximate surface area is 219 Å². The van der Waals surface area contributed by atoms with E-state index in [0.29, 0.717) is 22.0 Å². The van der Waals surface area contributed by atoms with Gasteiger partial charge in [-0.2, -0.15) is 0 Å². The number of rotatable bonds is 5. The summed E-state index contributed by atoms with van der Waals surface area (Å²) < 4.78 is 5.24. The molecule has 11 heteroatoms. The molecule has 1 atom stereocenters. The quantitative estimate of drug-likeness (QED) is 0.541. The maximum Gasteiger partial charge on any atom is 0.323 e. The van der Waals surface area contributed by atoms with Crippen LogP contribution in [0.2, 0.25) is 10.0 Å². The van der Waals surface area contributed by atoms with E-state index in [4.69, 9.17) is 33.7 Å². The molecule has 1 unspecified atom stereocenters. The van der Waals surface area contributed by atoms with Gasteiger partial charge in [-0.15, -0.1) is 0 Å². The lowest BCUT2D eigenvalue weighted by Crippen LogP contribution is -2.56. The molecule has 2 aromatic carbocycles. The van der Waals surface area contributed by atoms with Crippen LogP contribution in [0.15, 0.2) is 42.5 Å². The number of hydrogen-bond acceptors (Lipinski definition) is 5. The van der Waals surface area contributed by atoms with E-state index in [1.165, 1.54) is 23.0 Å². The summed E-state index contributed by atoms with van der Waals surface area (Å²) in [6.45, 7) is 0.370. The van der Waals surface area contributed by atoms with Crippen molar-refractivity contribution >= 4 is 46.7 Å². The normalized spacial score (nSPS) is 21.7. The lowest BCUT2D eigenvalue weighted by atomic mass is 9.92. The van der Waals surface area contributed by atoms with E-state index in [0.717, 1.165) is 25.7 Å². The van der Waals surface area contributed by atoms with Crippen LogP contribution < -0.4 is 21.1 Å². The first-order valence-electron chi connectivity index (χ1n) is 11.8. The highest BCUT2D eigenvalue weighted by Crippen LogP contribution is 2.27. The zero-order valence-corrected chi connectivity index (χ0v) is 21.4. The second-order valence-corrected chi connectivity index (χ2v) is 9.79. The number of benzene rings is 2. The number of urea groups is 1. The Balaban J connectivity index is 1.57. The van der Waals surface area contributed by atoms with Crippen molar-refractivity contribution in [3.8, 4) is 5.75 Å². The molecule has 0 bridgehead atoms. The Morgan fingerprint density at radius 3 is 2.39 bits per heavy atom. The molecule has 9 nitrogen and oxygen atoms in total. The second kappa shape index (κ2) is 11.4. The highest BCUT2D eigenvalue weighted by Gasteiger charge is 2.43. The Morgan fingerprint density at radius 2 is 1.69 bits per heavy atom. The third kappa shape index (κ3) is 5.86. The monoisotopic (exact) mass is 533 g/mol. The molecular formula is C25H29Cl2N5O4. The maximum atomic E-state index is 13.5. The van der Waals surface area contributed by atoms with Gasteiger partial charge in [-0.05, 0) is 62.1 Å². The van der Waals surface area contributed by atoms with E-state index in [1.54, 1.807) is 36.4 Å². The highest BCUT2D eigenvalue weighted by atomic mass is 35.5. The molecule has 4 rings (SSSR count). The zero-order chi connectivity index (χ0) is 25.8. The zero-order valence-electron chi connectivity index (χ0n) is 19.9. The van der Waals surface area contributed by atoms with Crippen molar-refractivity contribution in [1.29, 1.82) is 0 Å². The van der Waals surface area contributed by atoms with E-state index in [-0.39, 0.29) is 36.1 Å². The molecule has 0 aromatic heterocycles. The van der Waals surface area contributed by atoms with Crippen LogP contribution in [0.3, 0.4) is 0 Å². The van der Waals surface area contributed by atoms with Gasteiger partial charge >= 0.3 is 6.03 Å². The first-order valence-corrected chi connectivity index (χ1v) is 12.6. The van der Waals surface area contributed by atoms with Gasteiger partial charge in [-0.1, -0.05) is 29.3 Å². The highest BCUT2D eigenvalue weighted by molar-refractivity contribution is 6.42. The van der Waals surface area contributed by atoms with Crippen molar-refractivity contribution in [3.05, 3.63) is 58.1 Å². The van der Waals surface area contributed by atoms with Gasteiger partial charge in [0.25, 0.3) is 11.8 Å². The lowest BCUT2D eigenvalue weighted by Gasteiger charge is -2.32. The SMILES string of the molecule is COc1cccc(C(=O)N2CCN(C(=O)Nc3ccc(Cl)c(Cl)c3)C2C(=O)NC2CCC(N)CC2)c1. The standard InChI is InChI=1S/C25H29Cl2N5O4/c1-36-19-4-2-3-15(13-19)24(34)31-11-12-32(25(35)30-18-9-10-20(26)21(27)14-18)23(31)22(33)29-17-7-5-16(28)6-8-17/h2-4,9-10,13-14,16-17,23H,5-8,11-12,28H2,1H3,(H,29,33)(H,30,35). The Bertz CT molecular complexity index is 1140. The molecule has 4 N–H and O–H groups in total. The first kappa shape index (κ1) is 26.1. The van der Waals surface area contributed by atoms with E-state index in [1.807, 2.05) is 0 Å². The van der Waals surface area contributed by atoms with Gasteiger partial charge in [0.1, 0.15) is 5.75 Å². The second-order valence-electron chi connectivity index (χ2n) is 8.98. The van der Waals surface area contributed by atoms with Crippen molar-refractivity contribution in [1.82, 2.24) is 15.1 Å². The van der Waals surface area contributed by atoms with Gasteiger partial charge in [-0.3, -0.25) is 14.5 Å². The lowest BCUT2D eigenvalue weighted by molar-refractivity contribution is -0.128. The van der Waals surface area contributed by atoms with Crippen molar-refractivity contribution in [2.45, 2.75) is 43.9 Å². The summed E-state index contributed by atoms with van der Waals surface area (Å²) in [5, 5.41) is 6.43. The molecule has 1 saturated carbocycles. The van der Waals surface area contributed by atoms with Crippen LogP contribution in [-0.4, -0.2) is 66.1 Å². The van der Waals surface area contributed by atoms with Crippen LogP contribution in [0.25, 0.3) is 0 Å². The smallest absolute Gasteiger partial charge is 0.323 e. The average molecular weight is 534 g/mol. The van der Waals surface area contributed by atoms with E-state index >= 15 is 0 Å². The third-order valence-electron chi connectivity index (χ3n) is 6.53. The Morgan fingerprint density at radius 1 is 0.972 bits per heavy atom. The summed E-state index contributed by atoms with van der Waals surface area (Å²) in [7, 11) is 1.51. The van der Waals surface area contributed by atoms with Crippen LogP contribution in [0, 0.1) is 0 Å². The summed E-state index contributed by atoms with van der Waals surface area (Å²) in [6, 6.07) is 10.9. The van der Waals surface area contributed by atoms with E-state index in [2.05, 4.69) is 10.6 Å². The molecule has 1 aliphatic heterocycles. The molecule has 0 spiro atoms.